The molecule has 0 aromatic carbocycles. The number of aromatic nitrogens is 1. The highest BCUT2D eigenvalue weighted by atomic mass is 16.2. The van der Waals surface area contributed by atoms with E-state index < -0.39 is 0 Å². The van der Waals surface area contributed by atoms with Crippen molar-refractivity contribution in [1.29, 1.82) is 0 Å². The van der Waals surface area contributed by atoms with Gasteiger partial charge in [-0.25, -0.2) is 0 Å². The minimum Gasteiger partial charge on any atom is -0.342 e. The first-order valence-corrected chi connectivity index (χ1v) is 8.78. The van der Waals surface area contributed by atoms with Crippen LogP contribution < -0.4 is 0 Å². The summed E-state index contributed by atoms with van der Waals surface area (Å²) in [6, 6.07) is 3.87. The molecule has 2 aliphatic rings. The van der Waals surface area contributed by atoms with Gasteiger partial charge in [-0.2, -0.15) is 0 Å². The Kier molecular flexibility index (Phi) is 5.62. The summed E-state index contributed by atoms with van der Waals surface area (Å²) >= 11 is 0. The van der Waals surface area contributed by atoms with Gasteiger partial charge in [0.2, 0.25) is 5.91 Å². The molecule has 5 nitrogen and oxygen atoms in total. The zero-order valence-corrected chi connectivity index (χ0v) is 14.2. The van der Waals surface area contributed by atoms with Gasteiger partial charge >= 0.3 is 0 Å². The summed E-state index contributed by atoms with van der Waals surface area (Å²) < 4.78 is 0. The predicted octanol–water partition coefficient (Wildman–Crippen LogP) is 1.11. The van der Waals surface area contributed by atoms with Crippen LogP contribution in [0.15, 0.2) is 24.5 Å². The van der Waals surface area contributed by atoms with E-state index in [1.165, 1.54) is 6.42 Å². The number of hydrogen-bond acceptors (Lipinski definition) is 4. The van der Waals surface area contributed by atoms with Crippen molar-refractivity contribution in [1.82, 2.24) is 19.7 Å². The molecule has 1 aromatic heterocycles. The highest BCUT2D eigenvalue weighted by Gasteiger charge is 2.26. The van der Waals surface area contributed by atoms with Crippen LogP contribution in [0.1, 0.15) is 18.4 Å². The van der Waals surface area contributed by atoms with Crippen LogP contribution in [0.4, 0.5) is 0 Å². The van der Waals surface area contributed by atoms with Crippen molar-refractivity contribution in [2.45, 2.75) is 19.3 Å². The van der Waals surface area contributed by atoms with Crippen molar-refractivity contribution in [3.05, 3.63) is 30.1 Å². The molecule has 1 unspecified atom stereocenters. The molecule has 0 radical (unpaired) electrons. The summed E-state index contributed by atoms with van der Waals surface area (Å²) in [5.41, 5.74) is 1.06. The maximum Gasteiger partial charge on any atom is 0.227 e. The summed E-state index contributed by atoms with van der Waals surface area (Å²) in [6.45, 7) is 7.65. The lowest BCUT2D eigenvalue weighted by molar-refractivity contribution is -0.132. The third kappa shape index (κ3) is 4.75. The Hall–Kier alpha value is -1.46. The van der Waals surface area contributed by atoms with E-state index >= 15 is 0 Å². The number of likely N-dealkylation sites (N-methyl/N-ethyl adjacent to an activating group) is 1. The van der Waals surface area contributed by atoms with Gasteiger partial charge in [-0.3, -0.25) is 9.78 Å². The van der Waals surface area contributed by atoms with Crippen LogP contribution in [-0.4, -0.2) is 78.5 Å². The SMILES string of the molecule is CN1CCN(CC2CCCN(C(=O)Cc3ccncc3)C2)CC1. The number of amides is 1. The monoisotopic (exact) mass is 316 g/mol. The normalized spacial score (nSPS) is 23.9. The molecule has 0 spiro atoms. The van der Waals surface area contributed by atoms with Gasteiger partial charge < -0.3 is 14.7 Å². The molecule has 0 N–H and O–H groups in total. The van der Waals surface area contributed by atoms with Crippen molar-refractivity contribution >= 4 is 5.91 Å². The van der Waals surface area contributed by atoms with Crippen molar-refractivity contribution in [3.63, 3.8) is 0 Å². The fourth-order valence-electron chi connectivity index (χ4n) is 3.62. The second-order valence-electron chi connectivity index (χ2n) is 6.98. The predicted molar refractivity (Wildman–Crippen MR) is 91.2 cm³/mol. The Morgan fingerprint density at radius 1 is 1.17 bits per heavy atom. The first-order valence-electron chi connectivity index (χ1n) is 8.78. The van der Waals surface area contributed by atoms with Crippen LogP contribution in [0.5, 0.6) is 0 Å². The lowest BCUT2D eigenvalue weighted by atomic mass is 9.96. The molecule has 23 heavy (non-hydrogen) atoms. The van der Waals surface area contributed by atoms with E-state index in [1.54, 1.807) is 12.4 Å². The standard InChI is InChI=1S/C18H28N4O/c1-20-9-11-21(12-10-20)14-17-3-2-8-22(15-17)18(23)13-16-4-6-19-7-5-16/h4-7,17H,2-3,8-15H2,1H3. The highest BCUT2D eigenvalue weighted by molar-refractivity contribution is 5.78. The molecular formula is C18H28N4O. The average Bonchev–Trinajstić information content (AvgIpc) is 2.58. The molecule has 2 fully saturated rings. The fraction of sp³-hybridized carbons (Fsp3) is 0.667. The maximum absolute atomic E-state index is 12.5. The number of likely N-dealkylation sites (tertiary alicyclic amines) is 1. The Balaban J connectivity index is 1.48. The molecule has 5 heteroatoms. The maximum atomic E-state index is 12.5. The molecule has 1 aromatic rings. The zero-order valence-electron chi connectivity index (χ0n) is 14.2. The van der Waals surface area contributed by atoms with E-state index in [2.05, 4.69) is 26.7 Å². The van der Waals surface area contributed by atoms with Gasteiger partial charge in [-0.15, -0.1) is 0 Å². The Bertz CT molecular complexity index is 499. The van der Waals surface area contributed by atoms with Gasteiger partial charge in [-0.1, -0.05) is 0 Å². The number of carbonyl (C=O) groups is 1. The van der Waals surface area contributed by atoms with Crippen molar-refractivity contribution in [3.8, 4) is 0 Å². The van der Waals surface area contributed by atoms with Crippen LogP contribution >= 0.6 is 0 Å². The van der Waals surface area contributed by atoms with E-state index in [0.29, 0.717) is 12.3 Å². The average molecular weight is 316 g/mol. The topological polar surface area (TPSA) is 39.7 Å². The minimum absolute atomic E-state index is 0.263. The largest absolute Gasteiger partial charge is 0.342 e. The van der Waals surface area contributed by atoms with Crippen LogP contribution in [0.25, 0.3) is 0 Å². The molecule has 126 valence electrons. The minimum atomic E-state index is 0.263. The van der Waals surface area contributed by atoms with Crippen molar-refractivity contribution < 1.29 is 4.79 Å². The lowest BCUT2D eigenvalue weighted by Gasteiger charge is -2.38. The lowest BCUT2D eigenvalue weighted by Crippen LogP contribution is -2.49. The number of carbonyl (C=O) groups excluding carboxylic acids is 1. The van der Waals surface area contributed by atoms with Crippen LogP contribution in [0.3, 0.4) is 0 Å². The number of rotatable bonds is 4. The Labute approximate surface area is 139 Å². The third-order valence-corrected chi connectivity index (χ3v) is 5.09. The van der Waals surface area contributed by atoms with E-state index in [0.717, 1.165) is 57.8 Å². The van der Waals surface area contributed by atoms with Crippen molar-refractivity contribution in [2.24, 2.45) is 5.92 Å². The smallest absolute Gasteiger partial charge is 0.227 e. The molecule has 3 rings (SSSR count). The summed E-state index contributed by atoms with van der Waals surface area (Å²) in [7, 11) is 2.19. The van der Waals surface area contributed by atoms with Gasteiger partial charge in [0.25, 0.3) is 0 Å². The summed E-state index contributed by atoms with van der Waals surface area (Å²) in [5, 5.41) is 0. The Morgan fingerprint density at radius 2 is 1.91 bits per heavy atom. The summed E-state index contributed by atoms with van der Waals surface area (Å²) in [6.07, 6.45) is 6.42. The molecule has 2 aliphatic heterocycles. The van der Waals surface area contributed by atoms with E-state index in [9.17, 15) is 4.79 Å². The van der Waals surface area contributed by atoms with Crippen LogP contribution in [0.2, 0.25) is 0 Å². The highest BCUT2D eigenvalue weighted by Crippen LogP contribution is 2.19. The number of hydrogen-bond donors (Lipinski definition) is 0. The van der Waals surface area contributed by atoms with Crippen LogP contribution in [-0.2, 0) is 11.2 Å². The molecule has 3 heterocycles. The second kappa shape index (κ2) is 7.88. The molecule has 0 saturated carbocycles. The fourth-order valence-corrected chi connectivity index (χ4v) is 3.62. The van der Waals surface area contributed by atoms with Gasteiger partial charge in [0, 0.05) is 58.2 Å². The van der Waals surface area contributed by atoms with E-state index in [1.807, 2.05) is 12.1 Å². The molecule has 2 saturated heterocycles. The van der Waals surface area contributed by atoms with E-state index in [4.69, 9.17) is 0 Å². The van der Waals surface area contributed by atoms with Crippen molar-refractivity contribution in [2.75, 3.05) is 52.9 Å². The van der Waals surface area contributed by atoms with Gasteiger partial charge in [0.05, 0.1) is 6.42 Å². The summed E-state index contributed by atoms with van der Waals surface area (Å²) in [4.78, 5) is 23.6. The van der Waals surface area contributed by atoms with E-state index in [-0.39, 0.29) is 5.91 Å². The quantitative estimate of drug-likeness (QED) is 0.834. The molecular weight excluding hydrogens is 288 g/mol. The molecule has 1 amide bonds. The molecule has 0 aliphatic carbocycles. The molecule has 0 bridgehead atoms. The van der Waals surface area contributed by atoms with Gasteiger partial charge in [0.1, 0.15) is 0 Å². The third-order valence-electron chi connectivity index (χ3n) is 5.09. The Morgan fingerprint density at radius 3 is 2.65 bits per heavy atom. The number of piperazine rings is 1. The number of pyridine rings is 1. The van der Waals surface area contributed by atoms with Gasteiger partial charge in [-0.05, 0) is 43.5 Å². The zero-order chi connectivity index (χ0) is 16.1. The number of piperidine rings is 1. The first-order chi connectivity index (χ1) is 11.2. The molecule has 1 atom stereocenters. The summed E-state index contributed by atoms with van der Waals surface area (Å²) in [5.74, 6) is 0.896. The van der Waals surface area contributed by atoms with Crippen LogP contribution in [0, 0.1) is 5.92 Å². The first kappa shape index (κ1) is 16.4. The van der Waals surface area contributed by atoms with Gasteiger partial charge in [0.15, 0.2) is 0 Å². The second-order valence-corrected chi connectivity index (χ2v) is 6.98. The number of nitrogens with zero attached hydrogens (tertiary/aromatic N) is 4.